The largest absolute Gasteiger partial charge is 0.254 e. The Kier molecular flexibility index (Phi) is 6.53. The van der Waals surface area contributed by atoms with Crippen molar-refractivity contribution in [2.75, 3.05) is 0 Å². The van der Waals surface area contributed by atoms with Crippen molar-refractivity contribution >= 4 is 53.9 Å². The number of pyridine rings is 2. The molecule has 0 amide bonds. The van der Waals surface area contributed by atoms with E-state index in [1.807, 2.05) is 18.5 Å². The first-order valence-corrected chi connectivity index (χ1v) is 17.1. The summed E-state index contributed by atoms with van der Waals surface area (Å²) >= 11 is 0. The zero-order valence-electron chi connectivity index (χ0n) is 27.2. The van der Waals surface area contributed by atoms with Crippen LogP contribution in [0.15, 0.2) is 182 Å². The summed E-state index contributed by atoms with van der Waals surface area (Å²) in [4.78, 5) is 9.62. The second-order valence-electron chi connectivity index (χ2n) is 13.0. The minimum Gasteiger partial charge on any atom is -0.254 e. The second-order valence-corrected chi connectivity index (χ2v) is 13.0. The van der Waals surface area contributed by atoms with Crippen LogP contribution in [0.2, 0.25) is 0 Å². The van der Waals surface area contributed by atoms with Crippen molar-refractivity contribution in [3.8, 4) is 44.8 Å². The zero-order valence-corrected chi connectivity index (χ0v) is 27.2. The first-order chi connectivity index (χ1) is 24.8. The van der Waals surface area contributed by atoms with Crippen LogP contribution >= 0.6 is 0 Å². The Labute approximate surface area is 290 Å². The number of hydrogen-bond donors (Lipinski definition) is 0. The number of rotatable bonds is 4. The zero-order chi connectivity index (χ0) is 33.0. The fraction of sp³-hybridized carbons (Fsp3) is 0. The lowest BCUT2D eigenvalue weighted by Gasteiger charge is -2.19. The van der Waals surface area contributed by atoms with Crippen molar-refractivity contribution in [1.82, 2.24) is 9.97 Å². The summed E-state index contributed by atoms with van der Waals surface area (Å²) in [7, 11) is 0. The Bertz CT molecular complexity index is 2920. The second kappa shape index (κ2) is 11.5. The minimum atomic E-state index is 0.863. The van der Waals surface area contributed by atoms with Gasteiger partial charge in [-0.15, -0.1) is 0 Å². The van der Waals surface area contributed by atoms with E-state index in [1.54, 1.807) is 0 Å². The van der Waals surface area contributed by atoms with E-state index >= 15 is 0 Å². The van der Waals surface area contributed by atoms with Crippen molar-refractivity contribution in [3.63, 3.8) is 0 Å². The van der Waals surface area contributed by atoms with Crippen LogP contribution in [0.5, 0.6) is 0 Å². The highest BCUT2D eigenvalue weighted by molar-refractivity contribution is 6.22. The van der Waals surface area contributed by atoms with Crippen molar-refractivity contribution < 1.29 is 0 Å². The van der Waals surface area contributed by atoms with Gasteiger partial charge in [0, 0.05) is 23.3 Å². The standard InChI is InChI=1S/C48H30N2/c1-3-11-33-25-37(19-17-31(33)9-1)47-41-15-7-8-16-42(41)48(38-20-18-32-10-2-4-12-34(32)26-38)44-27-36(21-23-43(44)47)40-22-24-45(49-30-40)46-28-35-13-5-6-14-39(35)29-50-46/h1-30H. The summed E-state index contributed by atoms with van der Waals surface area (Å²) in [5.74, 6) is 0. The molecule has 0 aliphatic rings. The highest BCUT2D eigenvalue weighted by Crippen LogP contribution is 2.45. The van der Waals surface area contributed by atoms with Crippen molar-refractivity contribution in [1.29, 1.82) is 0 Å². The van der Waals surface area contributed by atoms with Gasteiger partial charge in [0.25, 0.3) is 0 Å². The van der Waals surface area contributed by atoms with E-state index in [0.29, 0.717) is 0 Å². The molecule has 0 aliphatic heterocycles. The number of benzene rings is 8. The molecule has 50 heavy (non-hydrogen) atoms. The molecule has 0 fully saturated rings. The molecule has 0 N–H and O–H groups in total. The maximum Gasteiger partial charge on any atom is 0.0892 e. The molecule has 0 radical (unpaired) electrons. The van der Waals surface area contributed by atoms with E-state index in [0.717, 1.165) is 33.3 Å². The summed E-state index contributed by atoms with van der Waals surface area (Å²) in [5, 5.41) is 12.2. The SMILES string of the molecule is c1ccc2cc(-c3c4ccccc4c(-c4ccc5ccccc5c4)c4cc(-c5ccc(-c6cc7ccccc7cn6)nc5)ccc34)ccc2c1. The molecule has 0 unspecified atom stereocenters. The van der Waals surface area contributed by atoms with Crippen LogP contribution in [0, 0.1) is 0 Å². The van der Waals surface area contributed by atoms with Crippen molar-refractivity contribution in [2.24, 2.45) is 0 Å². The lowest BCUT2D eigenvalue weighted by Crippen LogP contribution is -1.93. The molecule has 8 aromatic carbocycles. The van der Waals surface area contributed by atoms with Gasteiger partial charge in [0.1, 0.15) is 0 Å². The normalized spacial score (nSPS) is 11.6. The molecule has 0 aliphatic carbocycles. The van der Waals surface area contributed by atoms with E-state index in [4.69, 9.17) is 9.97 Å². The number of fused-ring (bicyclic) bond motifs is 5. The van der Waals surface area contributed by atoms with Crippen LogP contribution in [0.25, 0.3) is 98.6 Å². The molecule has 2 aromatic heterocycles. The van der Waals surface area contributed by atoms with Crippen LogP contribution in [-0.2, 0) is 0 Å². The maximum absolute atomic E-state index is 4.91. The average molecular weight is 635 g/mol. The molecule has 2 heteroatoms. The van der Waals surface area contributed by atoms with Crippen LogP contribution in [0.4, 0.5) is 0 Å². The Hall–Kier alpha value is -6.64. The van der Waals surface area contributed by atoms with Crippen LogP contribution < -0.4 is 0 Å². The van der Waals surface area contributed by atoms with Gasteiger partial charge in [-0.25, -0.2) is 0 Å². The minimum absolute atomic E-state index is 0.863. The number of aromatic nitrogens is 2. The average Bonchev–Trinajstić information content (AvgIpc) is 3.19. The smallest absolute Gasteiger partial charge is 0.0892 e. The van der Waals surface area contributed by atoms with Gasteiger partial charge in [-0.05, 0) is 107 Å². The molecule has 10 aromatic rings. The topological polar surface area (TPSA) is 25.8 Å². The molecule has 0 bridgehead atoms. The summed E-state index contributed by atoms with van der Waals surface area (Å²) in [5.41, 5.74) is 8.87. The lowest BCUT2D eigenvalue weighted by atomic mass is 9.84. The first kappa shape index (κ1) is 28.4. The molecule has 232 valence electrons. The Morgan fingerprint density at radius 2 is 0.740 bits per heavy atom. The van der Waals surface area contributed by atoms with Gasteiger partial charge >= 0.3 is 0 Å². The molecule has 0 saturated heterocycles. The third kappa shape index (κ3) is 4.73. The predicted molar refractivity (Wildman–Crippen MR) is 211 cm³/mol. The van der Waals surface area contributed by atoms with Crippen molar-refractivity contribution in [3.05, 3.63) is 182 Å². The highest BCUT2D eigenvalue weighted by Gasteiger charge is 2.18. The van der Waals surface area contributed by atoms with Gasteiger partial charge in [0.05, 0.1) is 11.4 Å². The Morgan fingerprint density at radius 3 is 1.36 bits per heavy atom. The monoisotopic (exact) mass is 634 g/mol. The summed E-state index contributed by atoms with van der Waals surface area (Å²) in [6.45, 7) is 0. The molecule has 0 saturated carbocycles. The molecule has 2 heterocycles. The fourth-order valence-corrected chi connectivity index (χ4v) is 7.61. The number of nitrogens with zero attached hydrogens (tertiary/aromatic N) is 2. The Morgan fingerprint density at radius 1 is 0.260 bits per heavy atom. The molecule has 0 atom stereocenters. The van der Waals surface area contributed by atoms with E-state index in [-0.39, 0.29) is 0 Å². The van der Waals surface area contributed by atoms with Crippen molar-refractivity contribution in [2.45, 2.75) is 0 Å². The molecular formula is C48H30N2. The molecule has 0 spiro atoms. The predicted octanol–water partition coefficient (Wildman–Crippen LogP) is 12.9. The van der Waals surface area contributed by atoms with Gasteiger partial charge < -0.3 is 0 Å². The fourth-order valence-electron chi connectivity index (χ4n) is 7.61. The lowest BCUT2D eigenvalue weighted by molar-refractivity contribution is 1.26. The Balaban J connectivity index is 1.20. The third-order valence-corrected chi connectivity index (χ3v) is 10.1. The van der Waals surface area contributed by atoms with Gasteiger partial charge in [-0.2, -0.15) is 0 Å². The summed E-state index contributed by atoms with van der Waals surface area (Å²) in [6, 6.07) is 61.4. The van der Waals surface area contributed by atoms with Crippen LogP contribution in [0.3, 0.4) is 0 Å². The molecule has 10 rings (SSSR count). The summed E-state index contributed by atoms with van der Waals surface area (Å²) < 4.78 is 0. The first-order valence-electron chi connectivity index (χ1n) is 17.1. The maximum atomic E-state index is 4.91. The van der Waals surface area contributed by atoms with E-state index in [9.17, 15) is 0 Å². The number of hydrogen-bond acceptors (Lipinski definition) is 2. The van der Waals surface area contributed by atoms with E-state index < -0.39 is 0 Å². The third-order valence-electron chi connectivity index (χ3n) is 10.1. The van der Waals surface area contributed by atoms with Gasteiger partial charge in [0.2, 0.25) is 0 Å². The molecule has 2 nitrogen and oxygen atoms in total. The van der Waals surface area contributed by atoms with E-state index in [1.165, 1.54) is 65.3 Å². The van der Waals surface area contributed by atoms with Gasteiger partial charge in [-0.3, -0.25) is 9.97 Å². The van der Waals surface area contributed by atoms with Gasteiger partial charge in [0.15, 0.2) is 0 Å². The highest BCUT2D eigenvalue weighted by atomic mass is 14.8. The van der Waals surface area contributed by atoms with Gasteiger partial charge in [-0.1, -0.05) is 140 Å². The van der Waals surface area contributed by atoms with Crippen LogP contribution in [0.1, 0.15) is 0 Å². The quantitative estimate of drug-likeness (QED) is 0.180. The van der Waals surface area contributed by atoms with Crippen LogP contribution in [-0.4, -0.2) is 9.97 Å². The molecular weight excluding hydrogens is 605 g/mol. The summed E-state index contributed by atoms with van der Waals surface area (Å²) in [6.07, 6.45) is 3.91. The van der Waals surface area contributed by atoms with E-state index in [2.05, 4.69) is 164 Å².